The molecule has 1 rings (SSSR count). The Morgan fingerprint density at radius 1 is 1.50 bits per heavy atom. The number of benzene rings is 1. The third-order valence-corrected chi connectivity index (χ3v) is 1.62. The van der Waals surface area contributed by atoms with Crippen molar-refractivity contribution in [1.82, 2.24) is 0 Å². The summed E-state index contributed by atoms with van der Waals surface area (Å²) in [4.78, 5) is 10.8. The van der Waals surface area contributed by atoms with Crippen LogP contribution in [0.5, 0.6) is 5.75 Å². The first kappa shape index (κ1) is 12.4. The van der Waals surface area contributed by atoms with Gasteiger partial charge in [0.2, 0.25) is 5.91 Å². The molecule has 1 N–H and O–H groups in total. The molecule has 0 spiro atoms. The molecule has 0 unspecified atom stereocenters. The summed E-state index contributed by atoms with van der Waals surface area (Å²) >= 11 is 0. The van der Waals surface area contributed by atoms with E-state index >= 15 is 0 Å². The highest BCUT2D eigenvalue weighted by Crippen LogP contribution is 2.25. The molecule has 1 aromatic rings. The van der Waals surface area contributed by atoms with Gasteiger partial charge in [-0.3, -0.25) is 4.79 Å². The highest BCUT2D eigenvalue weighted by molar-refractivity contribution is 5.90. The van der Waals surface area contributed by atoms with E-state index in [1.807, 2.05) is 0 Å². The number of ether oxygens (including phenoxy) is 1. The molecule has 0 radical (unpaired) electrons. The number of amides is 1. The predicted molar refractivity (Wildman–Crippen MR) is 52.2 cm³/mol. The first-order valence-corrected chi connectivity index (χ1v) is 4.47. The molecule has 0 bridgehead atoms. The summed E-state index contributed by atoms with van der Waals surface area (Å²) in [6.45, 7) is 0.399. The van der Waals surface area contributed by atoms with Gasteiger partial charge in [-0.05, 0) is 12.1 Å². The van der Waals surface area contributed by atoms with Crippen molar-refractivity contribution in [1.29, 1.82) is 0 Å². The minimum Gasteiger partial charge on any atom is -0.485 e. The normalized spacial score (nSPS) is 10.3. The lowest BCUT2D eigenvalue weighted by atomic mass is 10.3. The van der Waals surface area contributed by atoms with E-state index in [0.717, 1.165) is 12.1 Å². The van der Waals surface area contributed by atoms with Gasteiger partial charge in [0.25, 0.3) is 6.43 Å². The second-order valence-corrected chi connectivity index (χ2v) is 3.02. The van der Waals surface area contributed by atoms with Crippen molar-refractivity contribution in [2.75, 3.05) is 11.9 Å². The third kappa shape index (κ3) is 3.80. The van der Waals surface area contributed by atoms with E-state index in [-0.39, 0.29) is 11.4 Å². The van der Waals surface area contributed by atoms with Crippen LogP contribution < -0.4 is 10.1 Å². The molecule has 0 heterocycles. The SMILES string of the molecule is CC(=O)Nc1ccc(F)cc1OCC(F)F. The molecule has 0 atom stereocenters. The number of carbonyl (C=O) groups is 1. The molecule has 1 aromatic carbocycles. The predicted octanol–water partition coefficient (Wildman–Crippen LogP) is 2.43. The number of halogens is 3. The van der Waals surface area contributed by atoms with Crippen LogP contribution in [-0.2, 0) is 4.79 Å². The molecular formula is C10H10F3NO2. The molecule has 0 fully saturated rings. The number of rotatable bonds is 4. The van der Waals surface area contributed by atoms with E-state index in [4.69, 9.17) is 0 Å². The van der Waals surface area contributed by atoms with Crippen LogP contribution in [0.4, 0.5) is 18.9 Å². The van der Waals surface area contributed by atoms with Crippen LogP contribution in [0.15, 0.2) is 18.2 Å². The van der Waals surface area contributed by atoms with Crippen molar-refractivity contribution >= 4 is 11.6 Å². The minimum atomic E-state index is -2.66. The van der Waals surface area contributed by atoms with Crippen molar-refractivity contribution < 1.29 is 22.7 Å². The van der Waals surface area contributed by atoms with Gasteiger partial charge in [-0.25, -0.2) is 13.2 Å². The quantitative estimate of drug-likeness (QED) is 0.867. The average Bonchev–Trinajstić information content (AvgIpc) is 2.17. The van der Waals surface area contributed by atoms with Gasteiger partial charge in [0.15, 0.2) is 0 Å². The van der Waals surface area contributed by atoms with Gasteiger partial charge in [-0.2, -0.15) is 0 Å². The summed E-state index contributed by atoms with van der Waals surface area (Å²) in [6.07, 6.45) is -2.66. The van der Waals surface area contributed by atoms with Crippen molar-refractivity contribution in [3.8, 4) is 5.75 Å². The number of hydrogen-bond acceptors (Lipinski definition) is 2. The van der Waals surface area contributed by atoms with Gasteiger partial charge < -0.3 is 10.1 Å². The fourth-order valence-corrected chi connectivity index (χ4v) is 1.06. The summed E-state index contributed by atoms with van der Waals surface area (Å²) in [5.74, 6) is -1.14. The van der Waals surface area contributed by atoms with Gasteiger partial charge in [0.1, 0.15) is 18.2 Å². The van der Waals surface area contributed by atoms with Crippen LogP contribution >= 0.6 is 0 Å². The Labute approximate surface area is 90.2 Å². The zero-order chi connectivity index (χ0) is 12.1. The van der Waals surface area contributed by atoms with E-state index in [1.54, 1.807) is 0 Å². The molecule has 0 aromatic heterocycles. The Balaban J connectivity index is 2.85. The number of hydrogen-bond donors (Lipinski definition) is 1. The first-order chi connectivity index (χ1) is 7.49. The maximum atomic E-state index is 12.8. The smallest absolute Gasteiger partial charge is 0.272 e. The minimum absolute atomic E-state index is 0.115. The second kappa shape index (κ2) is 5.39. The van der Waals surface area contributed by atoms with E-state index in [9.17, 15) is 18.0 Å². The summed E-state index contributed by atoms with van der Waals surface area (Å²) < 4.78 is 41.3. The second-order valence-electron chi connectivity index (χ2n) is 3.02. The number of anilines is 1. The molecular weight excluding hydrogens is 223 g/mol. The Bertz CT molecular complexity index is 382. The van der Waals surface area contributed by atoms with Crippen LogP contribution in [0.1, 0.15) is 6.92 Å². The van der Waals surface area contributed by atoms with Crippen LogP contribution in [0.25, 0.3) is 0 Å². The Kier molecular flexibility index (Phi) is 4.16. The highest BCUT2D eigenvalue weighted by Gasteiger charge is 2.10. The maximum Gasteiger partial charge on any atom is 0.272 e. The molecule has 3 nitrogen and oxygen atoms in total. The monoisotopic (exact) mass is 233 g/mol. The topological polar surface area (TPSA) is 38.3 Å². The van der Waals surface area contributed by atoms with Crippen molar-refractivity contribution in [2.24, 2.45) is 0 Å². The maximum absolute atomic E-state index is 12.8. The molecule has 0 aliphatic rings. The van der Waals surface area contributed by atoms with Crippen LogP contribution in [0.2, 0.25) is 0 Å². The molecule has 0 aliphatic heterocycles. The molecule has 0 aliphatic carbocycles. The lowest BCUT2D eigenvalue weighted by molar-refractivity contribution is -0.114. The van der Waals surface area contributed by atoms with Gasteiger partial charge in [-0.1, -0.05) is 0 Å². The molecule has 0 saturated carbocycles. The first-order valence-electron chi connectivity index (χ1n) is 4.47. The summed E-state index contributed by atoms with van der Waals surface area (Å²) in [5.41, 5.74) is 0.162. The van der Waals surface area contributed by atoms with Crippen molar-refractivity contribution in [3.63, 3.8) is 0 Å². The lowest BCUT2D eigenvalue weighted by Crippen LogP contribution is -2.11. The Hall–Kier alpha value is -1.72. The molecule has 0 saturated heterocycles. The van der Waals surface area contributed by atoms with E-state index in [0.29, 0.717) is 0 Å². The zero-order valence-corrected chi connectivity index (χ0v) is 8.47. The average molecular weight is 233 g/mol. The van der Waals surface area contributed by atoms with Gasteiger partial charge >= 0.3 is 0 Å². The van der Waals surface area contributed by atoms with Crippen molar-refractivity contribution in [2.45, 2.75) is 13.3 Å². The van der Waals surface area contributed by atoms with Crippen LogP contribution in [0, 0.1) is 5.82 Å². The van der Waals surface area contributed by atoms with Crippen LogP contribution in [-0.4, -0.2) is 18.9 Å². The number of nitrogens with one attached hydrogen (secondary N) is 1. The number of carbonyl (C=O) groups excluding carboxylic acids is 1. The largest absolute Gasteiger partial charge is 0.485 e. The fourth-order valence-electron chi connectivity index (χ4n) is 1.06. The molecule has 88 valence electrons. The third-order valence-electron chi connectivity index (χ3n) is 1.62. The summed E-state index contributed by atoms with van der Waals surface area (Å²) in [5, 5.41) is 2.35. The van der Waals surface area contributed by atoms with Crippen LogP contribution in [0.3, 0.4) is 0 Å². The van der Waals surface area contributed by atoms with E-state index < -0.39 is 24.8 Å². The molecule has 6 heteroatoms. The fraction of sp³-hybridized carbons (Fsp3) is 0.300. The zero-order valence-electron chi connectivity index (χ0n) is 8.47. The Morgan fingerprint density at radius 3 is 2.75 bits per heavy atom. The van der Waals surface area contributed by atoms with Gasteiger partial charge in [-0.15, -0.1) is 0 Å². The molecule has 1 amide bonds. The number of alkyl halides is 2. The Morgan fingerprint density at radius 2 is 2.19 bits per heavy atom. The van der Waals surface area contributed by atoms with Gasteiger partial charge in [0.05, 0.1) is 5.69 Å². The van der Waals surface area contributed by atoms with Gasteiger partial charge in [0, 0.05) is 13.0 Å². The molecule has 16 heavy (non-hydrogen) atoms. The van der Waals surface area contributed by atoms with Crippen molar-refractivity contribution in [3.05, 3.63) is 24.0 Å². The summed E-state index contributed by atoms with van der Waals surface area (Å²) in [7, 11) is 0. The highest BCUT2D eigenvalue weighted by atomic mass is 19.3. The van der Waals surface area contributed by atoms with E-state index in [1.165, 1.54) is 13.0 Å². The summed E-state index contributed by atoms with van der Waals surface area (Å²) in [6, 6.07) is 3.28. The lowest BCUT2D eigenvalue weighted by Gasteiger charge is -2.11. The van der Waals surface area contributed by atoms with E-state index in [2.05, 4.69) is 10.1 Å². The standard InChI is InChI=1S/C10H10F3NO2/c1-6(15)14-8-3-2-7(11)4-9(8)16-5-10(12)13/h2-4,10H,5H2,1H3,(H,14,15).